The summed E-state index contributed by atoms with van der Waals surface area (Å²) in [5.41, 5.74) is 3.11. The van der Waals surface area contributed by atoms with Crippen LogP contribution in [0.2, 0.25) is 0 Å². The van der Waals surface area contributed by atoms with Gasteiger partial charge in [-0.05, 0) is 73.2 Å². The Hall–Kier alpha value is -3.18. The molecule has 0 aliphatic carbocycles. The van der Waals surface area contributed by atoms with Crippen molar-refractivity contribution in [2.45, 2.75) is 44.9 Å². The molecule has 1 amide bonds. The lowest BCUT2D eigenvalue weighted by Crippen LogP contribution is -2.27. The standard InChI is InChI=1S/C25H26N2O3/c1-25(30,12-4-5-18-10-13-26-14-11-18)22-15-19(8-9-23(22)28)24(29)27-16-20-6-2-3-7-21(20)17-27/h2-3,6-11,13-15,28,30H,4-5,12,16-17H2,1H3. The van der Waals surface area contributed by atoms with Crippen LogP contribution in [0, 0.1) is 0 Å². The fourth-order valence-electron chi connectivity index (χ4n) is 4.08. The summed E-state index contributed by atoms with van der Waals surface area (Å²) in [7, 11) is 0. The third kappa shape index (κ3) is 4.21. The molecule has 4 rings (SSSR count). The van der Waals surface area contributed by atoms with E-state index in [0.29, 0.717) is 30.6 Å². The zero-order valence-corrected chi connectivity index (χ0v) is 17.1. The monoisotopic (exact) mass is 402 g/mol. The summed E-state index contributed by atoms with van der Waals surface area (Å²) in [4.78, 5) is 18.9. The first-order valence-corrected chi connectivity index (χ1v) is 10.2. The van der Waals surface area contributed by atoms with Gasteiger partial charge in [-0.15, -0.1) is 0 Å². The highest BCUT2D eigenvalue weighted by Gasteiger charge is 2.29. The number of carbonyl (C=O) groups excluding carboxylic acids is 1. The molecule has 0 bridgehead atoms. The SMILES string of the molecule is CC(O)(CCCc1ccncc1)c1cc(C(=O)N2Cc3ccccc3C2)ccc1O. The van der Waals surface area contributed by atoms with Crippen molar-refractivity contribution in [1.82, 2.24) is 9.88 Å². The normalized spacial score (nSPS) is 14.9. The third-order valence-corrected chi connectivity index (χ3v) is 5.83. The Kier molecular flexibility index (Phi) is 5.55. The minimum atomic E-state index is -1.23. The highest BCUT2D eigenvalue weighted by Crippen LogP contribution is 2.35. The van der Waals surface area contributed by atoms with Crippen molar-refractivity contribution >= 4 is 5.91 Å². The number of hydrogen-bond donors (Lipinski definition) is 2. The van der Waals surface area contributed by atoms with Crippen molar-refractivity contribution in [3.8, 4) is 5.75 Å². The van der Waals surface area contributed by atoms with Gasteiger partial charge in [0.1, 0.15) is 5.75 Å². The van der Waals surface area contributed by atoms with Gasteiger partial charge in [0.15, 0.2) is 0 Å². The van der Waals surface area contributed by atoms with Crippen LogP contribution >= 0.6 is 0 Å². The number of phenols is 1. The van der Waals surface area contributed by atoms with Crippen LogP contribution < -0.4 is 0 Å². The summed E-state index contributed by atoms with van der Waals surface area (Å²) in [5.74, 6) is -0.0924. The Morgan fingerprint density at radius 2 is 1.73 bits per heavy atom. The average molecular weight is 402 g/mol. The number of fused-ring (bicyclic) bond motifs is 1. The lowest BCUT2D eigenvalue weighted by Gasteiger charge is -2.26. The van der Waals surface area contributed by atoms with Crippen molar-refractivity contribution in [3.05, 3.63) is 94.8 Å². The zero-order chi connectivity index (χ0) is 21.1. The summed E-state index contributed by atoms with van der Waals surface area (Å²) >= 11 is 0. The second-order valence-electron chi connectivity index (χ2n) is 8.14. The number of benzene rings is 2. The van der Waals surface area contributed by atoms with E-state index >= 15 is 0 Å². The Labute approximate surface area is 176 Å². The van der Waals surface area contributed by atoms with Gasteiger partial charge in [-0.1, -0.05) is 24.3 Å². The number of phenolic OH excluding ortho intramolecular Hbond substituents is 1. The predicted molar refractivity (Wildman–Crippen MR) is 115 cm³/mol. The molecule has 2 heterocycles. The van der Waals surface area contributed by atoms with Crippen LogP contribution in [0.1, 0.15) is 52.4 Å². The first kappa shape index (κ1) is 20.1. The second-order valence-corrected chi connectivity index (χ2v) is 8.14. The Bertz CT molecular complexity index is 1020. The summed E-state index contributed by atoms with van der Waals surface area (Å²) < 4.78 is 0. The minimum absolute atomic E-state index is 0.00479. The second kappa shape index (κ2) is 8.28. The number of nitrogens with zero attached hydrogens (tertiary/aromatic N) is 2. The van der Waals surface area contributed by atoms with E-state index in [-0.39, 0.29) is 11.7 Å². The fourth-order valence-corrected chi connectivity index (χ4v) is 4.08. The molecule has 1 aliphatic rings. The lowest BCUT2D eigenvalue weighted by molar-refractivity contribution is 0.0432. The molecular formula is C25H26N2O3. The number of aromatic nitrogens is 1. The quantitative estimate of drug-likeness (QED) is 0.649. The van der Waals surface area contributed by atoms with Gasteiger partial charge in [-0.25, -0.2) is 0 Å². The number of rotatable bonds is 6. The summed E-state index contributed by atoms with van der Waals surface area (Å²) in [5, 5.41) is 21.4. The van der Waals surface area contributed by atoms with E-state index in [1.165, 1.54) is 6.07 Å². The van der Waals surface area contributed by atoms with Gasteiger partial charge < -0.3 is 15.1 Å². The van der Waals surface area contributed by atoms with E-state index in [0.717, 1.165) is 29.5 Å². The van der Waals surface area contributed by atoms with Crippen molar-refractivity contribution in [2.75, 3.05) is 0 Å². The molecule has 5 heteroatoms. The molecule has 0 spiro atoms. The van der Waals surface area contributed by atoms with E-state index in [1.807, 2.05) is 36.4 Å². The maximum absolute atomic E-state index is 13.1. The molecule has 1 unspecified atom stereocenters. The van der Waals surface area contributed by atoms with Crippen LogP contribution in [-0.4, -0.2) is 26.0 Å². The smallest absolute Gasteiger partial charge is 0.254 e. The number of aromatic hydroxyl groups is 1. The lowest BCUT2D eigenvalue weighted by atomic mass is 9.88. The van der Waals surface area contributed by atoms with Gasteiger partial charge in [0, 0.05) is 36.6 Å². The van der Waals surface area contributed by atoms with Crippen molar-refractivity contribution in [2.24, 2.45) is 0 Å². The van der Waals surface area contributed by atoms with E-state index in [1.54, 1.807) is 36.4 Å². The number of amides is 1. The predicted octanol–water partition coefficient (Wildman–Crippen LogP) is 4.17. The molecule has 0 saturated carbocycles. The van der Waals surface area contributed by atoms with Crippen LogP contribution in [-0.2, 0) is 25.1 Å². The maximum Gasteiger partial charge on any atom is 0.254 e. The number of pyridine rings is 1. The van der Waals surface area contributed by atoms with Crippen molar-refractivity contribution in [1.29, 1.82) is 0 Å². The Morgan fingerprint density at radius 3 is 2.40 bits per heavy atom. The van der Waals surface area contributed by atoms with Gasteiger partial charge in [0.2, 0.25) is 0 Å². The summed E-state index contributed by atoms with van der Waals surface area (Å²) in [6.07, 6.45) is 5.53. The molecule has 2 N–H and O–H groups in total. The highest BCUT2D eigenvalue weighted by molar-refractivity contribution is 5.95. The largest absolute Gasteiger partial charge is 0.508 e. The van der Waals surface area contributed by atoms with Crippen LogP contribution in [0.5, 0.6) is 5.75 Å². The third-order valence-electron chi connectivity index (χ3n) is 5.83. The van der Waals surface area contributed by atoms with Gasteiger partial charge in [0.25, 0.3) is 5.91 Å². The van der Waals surface area contributed by atoms with Crippen LogP contribution in [0.3, 0.4) is 0 Å². The fraction of sp³-hybridized carbons (Fsp3) is 0.280. The molecule has 1 aliphatic heterocycles. The first-order chi connectivity index (χ1) is 14.4. The molecule has 1 atom stereocenters. The molecule has 154 valence electrons. The molecule has 30 heavy (non-hydrogen) atoms. The van der Waals surface area contributed by atoms with Crippen LogP contribution in [0.4, 0.5) is 0 Å². The van der Waals surface area contributed by atoms with Gasteiger partial charge in [0.05, 0.1) is 5.60 Å². The number of hydrogen-bond acceptors (Lipinski definition) is 4. The molecule has 1 aromatic heterocycles. The zero-order valence-electron chi connectivity index (χ0n) is 17.1. The maximum atomic E-state index is 13.1. The molecular weight excluding hydrogens is 376 g/mol. The number of aliphatic hydroxyl groups is 1. The molecule has 0 fully saturated rings. The molecule has 0 saturated heterocycles. The van der Waals surface area contributed by atoms with Crippen LogP contribution in [0.25, 0.3) is 0 Å². The summed E-state index contributed by atoms with van der Waals surface area (Å²) in [6, 6.07) is 16.7. The molecule has 2 aromatic carbocycles. The Morgan fingerprint density at radius 1 is 1.07 bits per heavy atom. The van der Waals surface area contributed by atoms with Gasteiger partial charge >= 0.3 is 0 Å². The number of carbonyl (C=O) groups is 1. The van der Waals surface area contributed by atoms with Crippen molar-refractivity contribution in [3.63, 3.8) is 0 Å². The van der Waals surface area contributed by atoms with E-state index in [4.69, 9.17) is 0 Å². The Balaban J connectivity index is 1.47. The van der Waals surface area contributed by atoms with Gasteiger partial charge in [-0.2, -0.15) is 0 Å². The minimum Gasteiger partial charge on any atom is -0.508 e. The van der Waals surface area contributed by atoms with E-state index in [2.05, 4.69) is 4.98 Å². The first-order valence-electron chi connectivity index (χ1n) is 10.2. The molecule has 0 radical (unpaired) electrons. The van der Waals surface area contributed by atoms with Gasteiger partial charge in [-0.3, -0.25) is 9.78 Å². The summed E-state index contributed by atoms with van der Waals surface area (Å²) in [6.45, 7) is 2.84. The molecule has 5 nitrogen and oxygen atoms in total. The van der Waals surface area contributed by atoms with Crippen molar-refractivity contribution < 1.29 is 15.0 Å². The highest BCUT2D eigenvalue weighted by atomic mass is 16.3. The number of aryl methyl sites for hydroxylation is 1. The average Bonchev–Trinajstić information content (AvgIpc) is 3.18. The van der Waals surface area contributed by atoms with E-state index in [9.17, 15) is 15.0 Å². The van der Waals surface area contributed by atoms with E-state index < -0.39 is 5.60 Å². The van der Waals surface area contributed by atoms with Crippen LogP contribution in [0.15, 0.2) is 67.0 Å². The molecule has 3 aromatic rings. The topological polar surface area (TPSA) is 73.7 Å².